The van der Waals surface area contributed by atoms with E-state index < -0.39 is 9.85 Å². The fraction of sp³-hybridized carbons (Fsp3) is 0.0909. The molecule has 0 aliphatic carbocycles. The number of rotatable bonds is 8. The molecule has 0 amide bonds. The number of fused-ring (bicyclic) bond motifs is 1. The van der Waals surface area contributed by atoms with Crippen molar-refractivity contribution < 1.29 is 14.7 Å². The van der Waals surface area contributed by atoms with Crippen LogP contribution >= 0.6 is 11.8 Å². The van der Waals surface area contributed by atoms with Gasteiger partial charge in [-0.15, -0.1) is 4.73 Å². The first-order chi connectivity index (χ1) is 15.9. The summed E-state index contributed by atoms with van der Waals surface area (Å²) in [6.45, 7) is 0.00299. The zero-order valence-electron chi connectivity index (χ0n) is 17.0. The highest BCUT2D eigenvalue weighted by Gasteiger charge is 2.14. The Bertz CT molecular complexity index is 1390. The van der Waals surface area contributed by atoms with E-state index in [1.54, 1.807) is 48.5 Å². The number of nitrogens with zero attached hydrogens (tertiary/aromatic N) is 4. The van der Waals surface area contributed by atoms with Gasteiger partial charge in [-0.05, 0) is 35.4 Å². The van der Waals surface area contributed by atoms with Gasteiger partial charge in [0.2, 0.25) is 5.16 Å². The van der Waals surface area contributed by atoms with Gasteiger partial charge in [-0.25, -0.2) is 4.98 Å². The van der Waals surface area contributed by atoms with Gasteiger partial charge < -0.3 is 4.84 Å². The van der Waals surface area contributed by atoms with Crippen LogP contribution in [-0.2, 0) is 12.4 Å². The molecular weight excluding hydrogens is 448 g/mol. The van der Waals surface area contributed by atoms with Gasteiger partial charge in [-0.2, -0.15) is 0 Å². The fourth-order valence-electron chi connectivity index (χ4n) is 3.02. The zero-order chi connectivity index (χ0) is 23.4. The number of thioether (sulfide) groups is 1. The minimum Gasteiger partial charge on any atom is -0.403 e. The second-order valence-electron chi connectivity index (χ2n) is 6.92. The Labute approximate surface area is 190 Å². The lowest BCUT2D eigenvalue weighted by molar-refractivity contribution is -0.385. The molecular formula is C22H16N4O6S. The van der Waals surface area contributed by atoms with Gasteiger partial charge in [0.25, 0.3) is 16.9 Å². The highest BCUT2D eigenvalue weighted by Crippen LogP contribution is 2.23. The number of hydrogen-bond donors (Lipinski definition) is 0. The van der Waals surface area contributed by atoms with Gasteiger partial charge in [0, 0.05) is 30.0 Å². The number of nitro groups is 2. The summed E-state index contributed by atoms with van der Waals surface area (Å²) in [5.41, 5.74) is 1.55. The second-order valence-corrected chi connectivity index (χ2v) is 7.86. The van der Waals surface area contributed by atoms with E-state index in [2.05, 4.69) is 4.98 Å². The minimum atomic E-state index is -0.491. The molecule has 0 saturated heterocycles. The molecule has 1 heterocycles. The highest BCUT2D eigenvalue weighted by atomic mass is 32.2. The Balaban J connectivity index is 1.60. The lowest BCUT2D eigenvalue weighted by Gasteiger charge is -2.14. The molecule has 0 saturated carbocycles. The van der Waals surface area contributed by atoms with Gasteiger partial charge >= 0.3 is 0 Å². The van der Waals surface area contributed by atoms with Crippen LogP contribution in [0.1, 0.15) is 11.1 Å². The van der Waals surface area contributed by atoms with E-state index in [0.717, 1.165) is 10.3 Å². The molecule has 4 aromatic rings. The summed E-state index contributed by atoms with van der Waals surface area (Å²) in [7, 11) is 0. The molecule has 11 heteroatoms. The number of hydrogen-bond acceptors (Lipinski definition) is 8. The first-order valence-corrected chi connectivity index (χ1v) is 10.7. The highest BCUT2D eigenvalue weighted by molar-refractivity contribution is 7.98. The standard InChI is InChI=1S/C22H16N4O6S/c27-21-19-3-1-2-4-20(19)23-22(33-14-16-7-11-18(12-8-16)26(30)31)24(21)32-13-15-5-9-17(10-6-15)25(28)29/h1-12H,13-14H2. The van der Waals surface area contributed by atoms with E-state index in [9.17, 15) is 25.0 Å². The molecule has 0 radical (unpaired) electrons. The maximum atomic E-state index is 13.1. The summed E-state index contributed by atoms with van der Waals surface area (Å²) in [5.74, 6) is 0.406. The van der Waals surface area contributed by atoms with E-state index in [0.29, 0.717) is 27.4 Å². The topological polar surface area (TPSA) is 130 Å². The molecule has 0 atom stereocenters. The maximum absolute atomic E-state index is 13.1. The lowest BCUT2D eigenvalue weighted by atomic mass is 10.2. The summed E-state index contributed by atoms with van der Waals surface area (Å²) in [6.07, 6.45) is 0. The van der Waals surface area contributed by atoms with E-state index >= 15 is 0 Å². The van der Waals surface area contributed by atoms with Crippen LogP contribution in [0, 0.1) is 20.2 Å². The van der Waals surface area contributed by atoms with Crippen molar-refractivity contribution in [2.24, 2.45) is 0 Å². The molecule has 1 aromatic heterocycles. The molecule has 0 N–H and O–H groups in total. The molecule has 0 aliphatic rings. The molecule has 4 rings (SSSR count). The third kappa shape index (κ3) is 4.99. The smallest absolute Gasteiger partial charge is 0.295 e. The maximum Gasteiger partial charge on any atom is 0.295 e. The fourth-order valence-corrected chi connectivity index (χ4v) is 3.92. The van der Waals surface area contributed by atoms with Gasteiger partial charge in [0.1, 0.15) is 6.61 Å². The van der Waals surface area contributed by atoms with Crippen LogP contribution in [0.4, 0.5) is 11.4 Å². The van der Waals surface area contributed by atoms with Crippen LogP contribution in [0.15, 0.2) is 82.7 Å². The zero-order valence-corrected chi connectivity index (χ0v) is 17.8. The summed E-state index contributed by atoms with van der Waals surface area (Å²) in [5, 5.41) is 22.4. The normalized spacial score (nSPS) is 10.8. The second kappa shape index (κ2) is 9.49. The molecule has 0 unspecified atom stereocenters. The van der Waals surface area contributed by atoms with Crippen molar-refractivity contribution in [2.45, 2.75) is 17.5 Å². The minimum absolute atomic E-state index is 0.00299. The van der Waals surface area contributed by atoms with Crippen molar-refractivity contribution in [1.82, 2.24) is 9.71 Å². The third-order valence-electron chi connectivity index (χ3n) is 4.73. The molecule has 0 aliphatic heterocycles. The van der Waals surface area contributed by atoms with Gasteiger partial charge in [0.05, 0.1) is 20.7 Å². The Hall–Kier alpha value is -4.25. The van der Waals surface area contributed by atoms with Crippen molar-refractivity contribution in [1.29, 1.82) is 0 Å². The molecule has 166 valence electrons. The molecule has 33 heavy (non-hydrogen) atoms. The third-order valence-corrected chi connectivity index (χ3v) is 5.72. The van der Waals surface area contributed by atoms with Crippen LogP contribution < -0.4 is 10.4 Å². The number of nitro benzene ring substituents is 2. The summed E-state index contributed by atoms with van der Waals surface area (Å²) < 4.78 is 1.11. The Kier molecular flexibility index (Phi) is 6.31. The molecule has 3 aromatic carbocycles. The molecule has 10 nitrogen and oxygen atoms in total. The summed E-state index contributed by atoms with van der Waals surface area (Å²) in [6, 6.07) is 18.9. The predicted molar refractivity (Wildman–Crippen MR) is 122 cm³/mol. The molecule has 0 fully saturated rings. The SMILES string of the molecule is O=c1c2ccccc2nc(SCc2ccc([N+](=O)[O-])cc2)n1OCc1ccc([N+](=O)[O-])cc1. The Morgan fingerprint density at radius 1 is 0.848 bits per heavy atom. The van der Waals surface area contributed by atoms with Crippen LogP contribution in [0.5, 0.6) is 0 Å². The van der Waals surface area contributed by atoms with Crippen molar-refractivity contribution in [3.05, 3.63) is 115 Å². The van der Waals surface area contributed by atoms with Crippen molar-refractivity contribution in [3.63, 3.8) is 0 Å². The van der Waals surface area contributed by atoms with Crippen molar-refractivity contribution in [3.8, 4) is 0 Å². The first kappa shape index (κ1) is 22.0. The van der Waals surface area contributed by atoms with E-state index in [4.69, 9.17) is 4.84 Å². The first-order valence-electron chi connectivity index (χ1n) is 9.67. The largest absolute Gasteiger partial charge is 0.403 e. The van der Waals surface area contributed by atoms with Crippen LogP contribution in [-0.4, -0.2) is 19.6 Å². The number of non-ortho nitro benzene ring substituents is 2. The predicted octanol–water partition coefficient (Wildman–Crippen LogP) is 4.13. The Morgan fingerprint density at radius 2 is 1.42 bits per heavy atom. The van der Waals surface area contributed by atoms with Gasteiger partial charge in [0.15, 0.2) is 0 Å². The van der Waals surface area contributed by atoms with Crippen LogP contribution in [0.3, 0.4) is 0 Å². The van der Waals surface area contributed by atoms with E-state index in [-0.39, 0.29) is 23.5 Å². The average Bonchev–Trinajstić information content (AvgIpc) is 2.83. The monoisotopic (exact) mass is 464 g/mol. The van der Waals surface area contributed by atoms with Crippen LogP contribution in [0.25, 0.3) is 10.9 Å². The van der Waals surface area contributed by atoms with E-state index in [1.807, 2.05) is 0 Å². The van der Waals surface area contributed by atoms with Gasteiger partial charge in [-0.3, -0.25) is 25.0 Å². The van der Waals surface area contributed by atoms with Crippen LogP contribution in [0.2, 0.25) is 0 Å². The molecule has 0 bridgehead atoms. The summed E-state index contributed by atoms with van der Waals surface area (Å²) in [4.78, 5) is 44.1. The molecule has 0 spiro atoms. The number of para-hydroxylation sites is 1. The summed E-state index contributed by atoms with van der Waals surface area (Å²) >= 11 is 1.25. The van der Waals surface area contributed by atoms with Crippen molar-refractivity contribution in [2.75, 3.05) is 0 Å². The van der Waals surface area contributed by atoms with Gasteiger partial charge in [-0.1, -0.05) is 36.0 Å². The lowest BCUT2D eigenvalue weighted by Crippen LogP contribution is -2.29. The average molecular weight is 464 g/mol. The van der Waals surface area contributed by atoms with E-state index in [1.165, 1.54) is 36.0 Å². The number of aromatic nitrogens is 2. The number of benzene rings is 3. The quantitative estimate of drug-likeness (QED) is 0.165. The van der Waals surface area contributed by atoms with Crippen molar-refractivity contribution >= 4 is 34.0 Å². The Morgan fingerprint density at radius 3 is 2.03 bits per heavy atom.